The van der Waals surface area contributed by atoms with Crippen LogP contribution in [-0.2, 0) is 4.79 Å². The number of hydrogen-bond acceptors (Lipinski definition) is 2. The van der Waals surface area contributed by atoms with Crippen LogP contribution in [0.4, 0.5) is 4.79 Å². The Morgan fingerprint density at radius 3 is 2.78 bits per heavy atom. The Morgan fingerprint density at radius 1 is 1.44 bits per heavy atom. The van der Waals surface area contributed by atoms with Crippen LogP contribution in [-0.4, -0.2) is 23.1 Å². The Kier molecular flexibility index (Phi) is 5.38. The number of carboxylic acid groups (broad SMARTS) is 1. The maximum atomic E-state index is 11.3. The zero-order valence-corrected chi connectivity index (χ0v) is 11.3. The van der Waals surface area contributed by atoms with Crippen molar-refractivity contribution in [1.29, 1.82) is 0 Å². The van der Waals surface area contributed by atoms with Crippen LogP contribution in [0.1, 0.15) is 12.5 Å². The third kappa shape index (κ3) is 5.01. The van der Waals surface area contributed by atoms with Gasteiger partial charge in [-0.25, -0.2) is 4.79 Å². The molecule has 18 heavy (non-hydrogen) atoms. The van der Waals surface area contributed by atoms with Gasteiger partial charge in [0.2, 0.25) is 0 Å². The zero-order valence-electron chi connectivity index (χ0n) is 9.68. The Bertz CT molecular complexity index is 474. The van der Waals surface area contributed by atoms with Gasteiger partial charge in [0.25, 0.3) is 0 Å². The van der Waals surface area contributed by atoms with E-state index in [0.29, 0.717) is 0 Å². The molecule has 0 fully saturated rings. The maximum absolute atomic E-state index is 11.3. The van der Waals surface area contributed by atoms with Crippen molar-refractivity contribution in [2.75, 3.05) is 0 Å². The second-order valence-corrected chi connectivity index (χ2v) is 4.48. The topological polar surface area (TPSA) is 78.4 Å². The summed E-state index contributed by atoms with van der Waals surface area (Å²) in [5.74, 6) is -1.08. The van der Waals surface area contributed by atoms with Crippen molar-refractivity contribution >= 4 is 34.0 Å². The standard InChI is InChI=1S/C12H13BrN2O3/c1-8(11(16)17)15-12(18)14-6-5-9-3-2-4-10(13)7-9/h2-8H,1H3,(H,16,17)(H2,14,15,18)/b6-5+. The lowest BCUT2D eigenvalue weighted by molar-refractivity contribution is -0.138. The molecule has 0 heterocycles. The van der Waals surface area contributed by atoms with E-state index in [4.69, 9.17) is 5.11 Å². The highest BCUT2D eigenvalue weighted by Crippen LogP contribution is 2.12. The maximum Gasteiger partial charge on any atom is 0.325 e. The third-order valence-electron chi connectivity index (χ3n) is 2.06. The third-order valence-corrected chi connectivity index (χ3v) is 2.55. The molecule has 0 aliphatic heterocycles. The number of urea groups is 1. The molecular weight excluding hydrogens is 300 g/mol. The molecule has 0 aliphatic carbocycles. The number of halogens is 1. The fourth-order valence-electron chi connectivity index (χ4n) is 1.12. The molecule has 0 spiro atoms. The molecule has 1 aromatic carbocycles. The van der Waals surface area contributed by atoms with Gasteiger partial charge in [0.1, 0.15) is 6.04 Å². The van der Waals surface area contributed by atoms with Gasteiger partial charge in [-0.05, 0) is 30.7 Å². The smallest absolute Gasteiger partial charge is 0.325 e. The van der Waals surface area contributed by atoms with Gasteiger partial charge in [-0.2, -0.15) is 0 Å². The van der Waals surface area contributed by atoms with Crippen molar-refractivity contribution in [3.05, 3.63) is 40.5 Å². The van der Waals surface area contributed by atoms with Crippen LogP contribution < -0.4 is 10.6 Å². The summed E-state index contributed by atoms with van der Waals surface area (Å²) in [4.78, 5) is 21.8. The van der Waals surface area contributed by atoms with Crippen molar-refractivity contribution < 1.29 is 14.7 Å². The summed E-state index contributed by atoms with van der Waals surface area (Å²) in [7, 11) is 0. The Morgan fingerprint density at radius 2 is 2.17 bits per heavy atom. The minimum absolute atomic E-state index is 0.559. The van der Waals surface area contributed by atoms with Gasteiger partial charge in [0, 0.05) is 10.7 Å². The highest BCUT2D eigenvalue weighted by atomic mass is 79.9. The average Bonchev–Trinajstić information content (AvgIpc) is 2.28. The lowest BCUT2D eigenvalue weighted by atomic mass is 10.2. The summed E-state index contributed by atoms with van der Waals surface area (Å²) in [5, 5.41) is 13.3. The molecular formula is C12H13BrN2O3. The fraction of sp³-hybridized carbons (Fsp3) is 0.167. The van der Waals surface area contributed by atoms with E-state index in [1.165, 1.54) is 13.1 Å². The number of hydrogen-bond donors (Lipinski definition) is 3. The normalized spacial score (nSPS) is 12.1. The molecule has 1 atom stereocenters. The molecule has 1 rings (SSSR count). The SMILES string of the molecule is CC(NC(=O)N/C=C/c1cccc(Br)c1)C(=O)O. The number of benzene rings is 1. The van der Waals surface area contributed by atoms with Gasteiger partial charge < -0.3 is 15.7 Å². The second kappa shape index (κ2) is 6.80. The highest BCUT2D eigenvalue weighted by molar-refractivity contribution is 9.10. The minimum atomic E-state index is -1.08. The molecule has 0 aromatic heterocycles. The van der Waals surface area contributed by atoms with E-state index in [-0.39, 0.29) is 0 Å². The van der Waals surface area contributed by atoms with Gasteiger partial charge in [0.05, 0.1) is 0 Å². The number of carboxylic acids is 1. The first-order valence-electron chi connectivity index (χ1n) is 5.21. The van der Waals surface area contributed by atoms with Crippen LogP contribution >= 0.6 is 15.9 Å². The lowest BCUT2D eigenvalue weighted by Crippen LogP contribution is -2.42. The molecule has 1 aromatic rings. The van der Waals surface area contributed by atoms with Crippen LogP contribution in [0.3, 0.4) is 0 Å². The number of rotatable bonds is 4. The minimum Gasteiger partial charge on any atom is -0.480 e. The number of amides is 2. The Labute approximate surface area is 113 Å². The molecule has 6 heteroatoms. The van der Waals surface area contributed by atoms with E-state index >= 15 is 0 Å². The molecule has 0 bridgehead atoms. The molecule has 3 N–H and O–H groups in total. The molecule has 0 saturated carbocycles. The number of aliphatic carboxylic acids is 1. The molecule has 0 saturated heterocycles. The van der Waals surface area contributed by atoms with E-state index in [0.717, 1.165) is 10.0 Å². The second-order valence-electron chi connectivity index (χ2n) is 3.57. The quantitative estimate of drug-likeness (QED) is 0.797. The van der Waals surface area contributed by atoms with Gasteiger partial charge in [-0.1, -0.05) is 28.1 Å². The lowest BCUT2D eigenvalue weighted by Gasteiger charge is -2.08. The van der Waals surface area contributed by atoms with Gasteiger partial charge in [0.15, 0.2) is 0 Å². The summed E-state index contributed by atoms with van der Waals surface area (Å²) >= 11 is 3.33. The van der Waals surface area contributed by atoms with Crippen molar-refractivity contribution in [2.45, 2.75) is 13.0 Å². The predicted molar refractivity (Wildman–Crippen MR) is 71.9 cm³/mol. The summed E-state index contributed by atoms with van der Waals surface area (Å²) in [6.45, 7) is 1.39. The summed E-state index contributed by atoms with van der Waals surface area (Å²) in [6, 6.07) is 6.04. The van der Waals surface area contributed by atoms with Crippen LogP contribution in [0.25, 0.3) is 6.08 Å². The van der Waals surface area contributed by atoms with E-state index < -0.39 is 18.0 Å². The fourth-order valence-corrected chi connectivity index (χ4v) is 1.54. The largest absolute Gasteiger partial charge is 0.480 e. The molecule has 1 unspecified atom stereocenters. The summed E-state index contributed by atoms with van der Waals surface area (Å²) < 4.78 is 0.939. The first kappa shape index (κ1) is 14.2. The van der Waals surface area contributed by atoms with E-state index in [1.54, 1.807) is 6.08 Å². The Hall–Kier alpha value is -1.82. The molecule has 5 nitrogen and oxygen atoms in total. The average molecular weight is 313 g/mol. The predicted octanol–water partition coefficient (Wildman–Crippen LogP) is 2.19. The summed E-state index contributed by atoms with van der Waals surface area (Å²) in [5.41, 5.74) is 0.913. The molecule has 2 amide bonds. The number of carbonyl (C=O) groups excluding carboxylic acids is 1. The van der Waals surface area contributed by atoms with Crippen molar-refractivity contribution in [1.82, 2.24) is 10.6 Å². The van der Waals surface area contributed by atoms with Crippen LogP contribution in [0.5, 0.6) is 0 Å². The molecule has 96 valence electrons. The molecule has 0 aliphatic rings. The number of nitrogens with one attached hydrogen (secondary N) is 2. The van der Waals surface area contributed by atoms with Crippen LogP contribution in [0, 0.1) is 0 Å². The first-order valence-corrected chi connectivity index (χ1v) is 6.00. The number of carbonyl (C=O) groups is 2. The Balaban J connectivity index is 2.45. The van der Waals surface area contributed by atoms with Crippen molar-refractivity contribution in [2.24, 2.45) is 0 Å². The first-order chi connectivity index (χ1) is 8.49. The van der Waals surface area contributed by atoms with E-state index in [9.17, 15) is 9.59 Å². The van der Waals surface area contributed by atoms with Gasteiger partial charge in [-0.15, -0.1) is 0 Å². The van der Waals surface area contributed by atoms with Gasteiger partial charge >= 0.3 is 12.0 Å². The molecule has 0 radical (unpaired) electrons. The van der Waals surface area contributed by atoms with Crippen molar-refractivity contribution in [3.8, 4) is 0 Å². The van der Waals surface area contributed by atoms with Gasteiger partial charge in [-0.3, -0.25) is 4.79 Å². The monoisotopic (exact) mass is 312 g/mol. The van der Waals surface area contributed by atoms with Crippen LogP contribution in [0.2, 0.25) is 0 Å². The van der Waals surface area contributed by atoms with Crippen LogP contribution in [0.15, 0.2) is 34.9 Å². The van der Waals surface area contributed by atoms with E-state index in [1.807, 2.05) is 24.3 Å². The zero-order chi connectivity index (χ0) is 13.5. The van der Waals surface area contributed by atoms with Crippen molar-refractivity contribution in [3.63, 3.8) is 0 Å². The van der Waals surface area contributed by atoms with E-state index in [2.05, 4.69) is 26.6 Å². The highest BCUT2D eigenvalue weighted by Gasteiger charge is 2.12. The summed E-state index contributed by atoms with van der Waals surface area (Å²) in [6.07, 6.45) is 3.15.